The van der Waals surface area contributed by atoms with Crippen LogP contribution in [0.5, 0.6) is 0 Å². The molecule has 9 heteroatoms. The fourth-order valence-electron chi connectivity index (χ4n) is 2.56. The van der Waals surface area contributed by atoms with Crippen LogP contribution in [0.15, 0.2) is 29.2 Å². The summed E-state index contributed by atoms with van der Waals surface area (Å²) in [5.74, 6) is -0.351. The predicted molar refractivity (Wildman–Crippen MR) is 76.6 cm³/mol. The molecule has 2 rings (SSSR count). The molecule has 23 heavy (non-hydrogen) atoms. The van der Waals surface area contributed by atoms with Crippen molar-refractivity contribution in [2.45, 2.75) is 23.7 Å². The highest BCUT2D eigenvalue weighted by Crippen LogP contribution is 2.35. The maximum Gasteiger partial charge on any atom is 0.501 e. The Hall–Kier alpha value is -1.77. The summed E-state index contributed by atoms with van der Waals surface area (Å²) in [5.41, 5.74) is -5.46. The van der Waals surface area contributed by atoms with Crippen LogP contribution in [0.2, 0.25) is 0 Å². The lowest BCUT2D eigenvalue weighted by molar-refractivity contribution is -0.150. The van der Waals surface area contributed by atoms with E-state index in [1.807, 2.05) is 0 Å². The first-order valence-electron chi connectivity index (χ1n) is 6.76. The zero-order valence-electron chi connectivity index (χ0n) is 12.6. The van der Waals surface area contributed by atoms with E-state index in [0.29, 0.717) is 25.2 Å². The summed E-state index contributed by atoms with van der Waals surface area (Å²) in [7, 11) is -4.05. The molecular formula is C14H16F3NO4S. The summed E-state index contributed by atoms with van der Waals surface area (Å²) in [6.45, 7) is 2.63. The number of nitrogens with zero attached hydrogens (tertiary/aromatic N) is 1. The predicted octanol–water partition coefficient (Wildman–Crippen LogP) is 2.37. The van der Waals surface area contributed by atoms with Crippen molar-refractivity contribution in [1.29, 1.82) is 0 Å². The molecule has 1 unspecified atom stereocenters. The van der Waals surface area contributed by atoms with E-state index in [9.17, 15) is 26.4 Å². The van der Waals surface area contributed by atoms with Crippen LogP contribution in [0.25, 0.3) is 0 Å². The van der Waals surface area contributed by atoms with E-state index in [1.165, 1.54) is 19.2 Å². The van der Waals surface area contributed by atoms with Gasteiger partial charge in [0.2, 0.25) is 0 Å². The average Bonchev–Trinajstić information content (AvgIpc) is 2.89. The minimum Gasteiger partial charge on any atom is -0.469 e. The number of benzene rings is 1. The van der Waals surface area contributed by atoms with Gasteiger partial charge < -0.3 is 9.64 Å². The molecule has 1 fully saturated rings. The molecule has 0 bridgehead atoms. The van der Waals surface area contributed by atoms with Crippen LogP contribution >= 0.6 is 0 Å². The number of carbonyl (C=O) groups is 1. The first-order chi connectivity index (χ1) is 10.5. The number of halogens is 3. The zero-order valence-corrected chi connectivity index (χ0v) is 13.4. The topological polar surface area (TPSA) is 63.7 Å². The Morgan fingerprint density at radius 3 is 2.30 bits per heavy atom. The van der Waals surface area contributed by atoms with Crippen LogP contribution in [-0.4, -0.2) is 40.1 Å². The second kappa shape index (κ2) is 5.70. The molecule has 1 heterocycles. The monoisotopic (exact) mass is 351 g/mol. The van der Waals surface area contributed by atoms with Gasteiger partial charge in [-0.3, -0.25) is 4.79 Å². The minimum atomic E-state index is -5.35. The van der Waals surface area contributed by atoms with Gasteiger partial charge in [0.15, 0.2) is 0 Å². The Bertz CT molecular complexity index is 700. The lowest BCUT2D eigenvalue weighted by atomic mass is 9.90. The molecular weight excluding hydrogens is 335 g/mol. The fraction of sp³-hybridized carbons (Fsp3) is 0.500. The molecule has 0 aromatic heterocycles. The van der Waals surface area contributed by atoms with Crippen LogP contribution in [0.4, 0.5) is 18.9 Å². The van der Waals surface area contributed by atoms with Crippen molar-refractivity contribution >= 4 is 21.5 Å². The van der Waals surface area contributed by atoms with Crippen LogP contribution < -0.4 is 4.90 Å². The minimum absolute atomic E-state index is 0.351. The SMILES string of the molecule is COC(=O)C1(C)CCN(c2ccc(S(=O)(=O)C(F)(F)F)cc2)C1. The van der Waals surface area contributed by atoms with E-state index >= 15 is 0 Å². The molecule has 128 valence electrons. The van der Waals surface area contributed by atoms with Gasteiger partial charge in [-0.15, -0.1) is 0 Å². The van der Waals surface area contributed by atoms with Gasteiger partial charge >= 0.3 is 11.5 Å². The quantitative estimate of drug-likeness (QED) is 0.783. The number of ether oxygens (including phenoxy) is 1. The van der Waals surface area contributed by atoms with Gasteiger partial charge in [-0.25, -0.2) is 8.42 Å². The van der Waals surface area contributed by atoms with E-state index < -0.39 is 25.7 Å². The molecule has 1 saturated heterocycles. The molecule has 0 saturated carbocycles. The molecule has 1 aromatic rings. The van der Waals surface area contributed by atoms with Gasteiger partial charge in [-0.05, 0) is 37.6 Å². The highest BCUT2D eigenvalue weighted by molar-refractivity contribution is 7.92. The number of esters is 1. The van der Waals surface area contributed by atoms with Crippen molar-refractivity contribution in [1.82, 2.24) is 0 Å². The number of sulfone groups is 1. The van der Waals surface area contributed by atoms with Gasteiger partial charge in [-0.2, -0.15) is 13.2 Å². The maximum atomic E-state index is 12.5. The first kappa shape index (κ1) is 17.6. The molecule has 0 N–H and O–H groups in total. The number of alkyl halides is 3. The Morgan fingerprint density at radius 2 is 1.83 bits per heavy atom. The molecule has 0 radical (unpaired) electrons. The molecule has 1 aliphatic rings. The molecule has 1 aliphatic heterocycles. The largest absolute Gasteiger partial charge is 0.501 e. The van der Waals surface area contributed by atoms with Gasteiger partial charge in [0.05, 0.1) is 17.4 Å². The normalized spacial score (nSPS) is 22.2. The van der Waals surface area contributed by atoms with Gasteiger partial charge in [0.25, 0.3) is 9.84 Å². The molecule has 0 amide bonds. The van der Waals surface area contributed by atoms with Crippen LogP contribution in [0.3, 0.4) is 0 Å². The Kier molecular flexibility index (Phi) is 4.36. The summed E-state index contributed by atoms with van der Waals surface area (Å²) in [6.07, 6.45) is 0.544. The highest BCUT2D eigenvalue weighted by atomic mass is 32.2. The Balaban J connectivity index is 2.21. The van der Waals surface area contributed by atoms with E-state index in [0.717, 1.165) is 12.1 Å². The summed E-state index contributed by atoms with van der Waals surface area (Å²) in [5, 5.41) is 0. The van der Waals surface area contributed by atoms with E-state index in [1.54, 1.807) is 11.8 Å². The number of carbonyl (C=O) groups excluding carboxylic acids is 1. The van der Waals surface area contributed by atoms with Crippen molar-refractivity contribution in [3.05, 3.63) is 24.3 Å². The third-order valence-electron chi connectivity index (χ3n) is 3.97. The van der Waals surface area contributed by atoms with E-state index in [4.69, 9.17) is 4.74 Å². The summed E-state index contributed by atoms with van der Waals surface area (Å²) < 4.78 is 64.9. The molecule has 1 atom stereocenters. The van der Waals surface area contributed by atoms with Crippen molar-refractivity contribution < 1.29 is 31.1 Å². The van der Waals surface area contributed by atoms with Crippen LogP contribution in [0.1, 0.15) is 13.3 Å². The lowest BCUT2D eigenvalue weighted by Gasteiger charge is -2.23. The van der Waals surface area contributed by atoms with E-state index in [-0.39, 0.29) is 5.97 Å². The van der Waals surface area contributed by atoms with Gasteiger partial charge in [-0.1, -0.05) is 0 Å². The number of hydrogen-bond donors (Lipinski definition) is 0. The van der Waals surface area contributed by atoms with Crippen molar-refractivity contribution in [2.75, 3.05) is 25.1 Å². The number of anilines is 1. The van der Waals surface area contributed by atoms with Crippen LogP contribution in [-0.2, 0) is 19.4 Å². The molecule has 0 aliphatic carbocycles. The third-order valence-corrected chi connectivity index (χ3v) is 5.47. The summed E-state index contributed by atoms with van der Waals surface area (Å²) in [4.78, 5) is 12.8. The number of rotatable bonds is 3. The van der Waals surface area contributed by atoms with E-state index in [2.05, 4.69) is 0 Å². The Labute approximate surface area is 132 Å². The van der Waals surface area contributed by atoms with Gasteiger partial charge in [0.1, 0.15) is 0 Å². The second-order valence-corrected chi connectivity index (χ2v) is 7.61. The number of hydrogen-bond acceptors (Lipinski definition) is 5. The first-order valence-corrected chi connectivity index (χ1v) is 8.24. The zero-order chi connectivity index (χ0) is 17.5. The van der Waals surface area contributed by atoms with Crippen LogP contribution in [0, 0.1) is 5.41 Å². The summed E-state index contributed by atoms with van der Waals surface area (Å²) >= 11 is 0. The standard InChI is InChI=1S/C14H16F3NO4S/c1-13(12(19)22-2)7-8-18(9-13)10-3-5-11(6-4-10)23(20,21)14(15,16)17/h3-6H,7-9H2,1-2H3. The lowest BCUT2D eigenvalue weighted by Crippen LogP contribution is -2.32. The highest BCUT2D eigenvalue weighted by Gasteiger charge is 2.47. The summed E-state index contributed by atoms with van der Waals surface area (Å²) in [6, 6.07) is 4.46. The maximum absolute atomic E-state index is 12.5. The molecule has 0 spiro atoms. The number of methoxy groups -OCH3 is 1. The third kappa shape index (κ3) is 3.15. The smallest absolute Gasteiger partial charge is 0.469 e. The van der Waals surface area contributed by atoms with Crippen molar-refractivity contribution in [3.63, 3.8) is 0 Å². The fourth-order valence-corrected chi connectivity index (χ4v) is 3.33. The molecule has 1 aromatic carbocycles. The second-order valence-electron chi connectivity index (χ2n) is 5.67. The molecule has 5 nitrogen and oxygen atoms in total. The average molecular weight is 351 g/mol. The van der Waals surface area contributed by atoms with Gasteiger partial charge in [0, 0.05) is 18.8 Å². The van der Waals surface area contributed by atoms with Crippen molar-refractivity contribution in [2.24, 2.45) is 5.41 Å². The Morgan fingerprint density at radius 1 is 1.26 bits per heavy atom. The van der Waals surface area contributed by atoms with Crippen molar-refractivity contribution in [3.8, 4) is 0 Å².